The van der Waals surface area contributed by atoms with Gasteiger partial charge in [0.25, 0.3) is 7.59 Å². The van der Waals surface area contributed by atoms with Crippen molar-refractivity contribution in [2.45, 2.75) is 90.0 Å². The second kappa shape index (κ2) is 10.9. The van der Waals surface area contributed by atoms with E-state index in [9.17, 15) is 4.79 Å². The number of para-hydroxylation sites is 1. The van der Waals surface area contributed by atoms with Gasteiger partial charge >= 0.3 is 0 Å². The first-order chi connectivity index (χ1) is 15.7. The van der Waals surface area contributed by atoms with Crippen LogP contribution in [-0.2, 0) is 14.2 Å². The number of fused-ring (bicyclic) bond motifs is 1. The Bertz CT molecular complexity index is 837. The molecule has 1 aromatic carbocycles. The summed E-state index contributed by atoms with van der Waals surface area (Å²) in [4.78, 5) is 18.1. The molecule has 3 atom stereocenters. The molecule has 8 nitrogen and oxygen atoms in total. The third-order valence-electron chi connectivity index (χ3n) is 6.90. The Morgan fingerprint density at radius 1 is 1.09 bits per heavy atom. The number of amides is 1. The first-order valence-corrected chi connectivity index (χ1v) is 13.7. The van der Waals surface area contributed by atoms with E-state index in [-0.39, 0.29) is 36.5 Å². The van der Waals surface area contributed by atoms with Gasteiger partial charge in [-0.1, -0.05) is 31.0 Å². The maximum atomic E-state index is 15.1. The van der Waals surface area contributed by atoms with Crippen LogP contribution < -0.4 is 9.82 Å². The van der Waals surface area contributed by atoms with Crippen molar-refractivity contribution in [3.05, 3.63) is 29.8 Å². The molecule has 1 N–H and O–H groups in total. The maximum absolute atomic E-state index is 15.1. The number of nitrogens with one attached hydrogen (secondary N) is 1. The van der Waals surface area contributed by atoms with E-state index in [4.69, 9.17) is 9.57 Å². The Hall–Kier alpha value is -1.44. The first-order valence-electron chi connectivity index (χ1n) is 12.0. The zero-order valence-electron chi connectivity index (χ0n) is 21.2. The molecule has 1 amide bonds. The van der Waals surface area contributed by atoms with Crippen LogP contribution in [0.3, 0.4) is 0 Å². The number of ether oxygens (including phenoxy) is 1. The van der Waals surface area contributed by atoms with Gasteiger partial charge in [0.15, 0.2) is 0 Å². The van der Waals surface area contributed by atoms with Crippen LogP contribution in [-0.4, -0.2) is 65.7 Å². The highest BCUT2D eigenvalue weighted by Crippen LogP contribution is 2.64. The molecule has 9 heteroatoms. The van der Waals surface area contributed by atoms with Gasteiger partial charge in [-0.2, -0.15) is 0 Å². The van der Waals surface area contributed by atoms with Crippen molar-refractivity contribution in [1.82, 2.24) is 19.5 Å². The Morgan fingerprint density at radius 2 is 1.64 bits per heavy atom. The van der Waals surface area contributed by atoms with E-state index in [1.165, 1.54) is 12.2 Å². The lowest BCUT2D eigenvalue weighted by atomic mass is 9.89. The van der Waals surface area contributed by atoms with E-state index in [1.54, 1.807) is 14.2 Å². The highest BCUT2D eigenvalue weighted by molar-refractivity contribution is 7.57. The Morgan fingerprint density at radius 3 is 2.12 bits per heavy atom. The fraction of sp³-hybridized carbons (Fsp3) is 0.708. The Balaban J connectivity index is 2.07. The molecule has 33 heavy (non-hydrogen) atoms. The predicted octanol–water partition coefficient (Wildman–Crippen LogP) is 4.59. The zero-order chi connectivity index (χ0) is 24.3. The van der Waals surface area contributed by atoms with E-state index in [0.717, 1.165) is 31.2 Å². The fourth-order valence-corrected chi connectivity index (χ4v) is 9.28. The number of hydroxylamine groups is 2. The van der Waals surface area contributed by atoms with Crippen LogP contribution in [0.5, 0.6) is 5.75 Å². The molecule has 1 aromatic rings. The average molecular weight is 481 g/mol. The molecule has 1 aliphatic heterocycles. The molecule has 0 radical (unpaired) electrons. The average Bonchev–Trinajstić information content (AvgIpc) is 3.05. The molecule has 3 rings (SSSR count). The summed E-state index contributed by atoms with van der Waals surface area (Å²) >= 11 is 0. The number of carbonyl (C=O) groups excluding carboxylic acids is 1. The van der Waals surface area contributed by atoms with Gasteiger partial charge in [-0.05, 0) is 46.6 Å². The van der Waals surface area contributed by atoms with E-state index >= 15 is 4.57 Å². The summed E-state index contributed by atoms with van der Waals surface area (Å²) in [5.74, 6) is 0.467. The molecule has 1 saturated carbocycles. The van der Waals surface area contributed by atoms with Crippen LogP contribution in [0.15, 0.2) is 24.3 Å². The fourth-order valence-electron chi connectivity index (χ4n) is 5.54. The smallest absolute Gasteiger partial charge is 0.285 e. The third-order valence-corrected chi connectivity index (χ3v) is 10.3. The molecular formula is C24H41N4O4P. The van der Waals surface area contributed by atoms with E-state index in [1.807, 2.05) is 24.3 Å². The van der Waals surface area contributed by atoms with Crippen LogP contribution in [0.25, 0.3) is 0 Å². The van der Waals surface area contributed by atoms with Crippen molar-refractivity contribution in [2.75, 3.05) is 21.3 Å². The highest BCUT2D eigenvalue weighted by atomic mass is 31.2. The standard InChI is InChI=1S/C24H41N4O4P/c1-17(2)27-21-13-9-10-14-22(21)28(18(3)4)33(27,30)25-20(16-24(29)26(5)32-7)19-12-8-11-15-23(19)31-6/h8,11-12,15,17-18,20-22H,9-10,13-14,16H2,1-7H3,(H,25,30)/t20-,21+,22+/m1/s1. The minimum atomic E-state index is -3.21. The number of rotatable bonds is 9. The molecule has 1 heterocycles. The van der Waals surface area contributed by atoms with E-state index in [2.05, 4.69) is 42.1 Å². The molecule has 186 valence electrons. The summed E-state index contributed by atoms with van der Waals surface area (Å²) in [6, 6.07) is 7.83. The van der Waals surface area contributed by atoms with Crippen LogP contribution in [0.4, 0.5) is 0 Å². The quantitative estimate of drug-likeness (QED) is 0.409. The largest absolute Gasteiger partial charge is 0.496 e. The van der Waals surface area contributed by atoms with Crippen molar-refractivity contribution in [2.24, 2.45) is 0 Å². The predicted molar refractivity (Wildman–Crippen MR) is 131 cm³/mol. The van der Waals surface area contributed by atoms with Crippen molar-refractivity contribution < 1.29 is 18.9 Å². The summed E-state index contributed by atoms with van der Waals surface area (Å²) in [6.07, 6.45) is 4.50. The summed E-state index contributed by atoms with van der Waals surface area (Å²) < 4.78 is 25.1. The van der Waals surface area contributed by atoms with Gasteiger partial charge in [0, 0.05) is 43.2 Å². The molecule has 2 fully saturated rings. The lowest BCUT2D eigenvalue weighted by Gasteiger charge is -2.39. The zero-order valence-corrected chi connectivity index (χ0v) is 22.0. The van der Waals surface area contributed by atoms with Crippen LogP contribution >= 0.6 is 7.59 Å². The van der Waals surface area contributed by atoms with E-state index in [0.29, 0.717) is 5.75 Å². The summed E-state index contributed by atoms with van der Waals surface area (Å²) in [7, 11) is 1.47. The number of hydrogen-bond donors (Lipinski definition) is 1. The summed E-state index contributed by atoms with van der Waals surface area (Å²) in [6.45, 7) is 8.47. The van der Waals surface area contributed by atoms with Crippen molar-refractivity contribution in [3.8, 4) is 5.75 Å². The second-order valence-electron chi connectivity index (χ2n) is 9.61. The number of hydrogen-bond acceptors (Lipinski definition) is 4. The normalized spacial score (nSPS) is 24.2. The van der Waals surface area contributed by atoms with Crippen molar-refractivity contribution in [3.63, 3.8) is 0 Å². The lowest BCUT2D eigenvalue weighted by Crippen LogP contribution is -2.43. The number of nitrogens with zero attached hydrogens (tertiary/aromatic N) is 3. The van der Waals surface area contributed by atoms with Gasteiger partial charge < -0.3 is 4.74 Å². The van der Waals surface area contributed by atoms with Crippen molar-refractivity contribution in [1.29, 1.82) is 0 Å². The van der Waals surface area contributed by atoms with Crippen LogP contribution in [0.1, 0.15) is 71.4 Å². The molecular weight excluding hydrogens is 439 g/mol. The molecule has 0 bridgehead atoms. The monoisotopic (exact) mass is 480 g/mol. The highest BCUT2D eigenvalue weighted by Gasteiger charge is 2.57. The Kier molecular flexibility index (Phi) is 8.62. The summed E-state index contributed by atoms with van der Waals surface area (Å²) in [5, 5.41) is 4.75. The lowest BCUT2D eigenvalue weighted by molar-refractivity contribution is -0.169. The molecule has 1 saturated heterocycles. The Labute approximate surface area is 199 Å². The topological polar surface area (TPSA) is 74.3 Å². The number of carbonyl (C=O) groups is 1. The third kappa shape index (κ3) is 5.15. The molecule has 0 aromatic heterocycles. The molecule has 0 unspecified atom stereocenters. The van der Waals surface area contributed by atoms with Gasteiger partial charge in [-0.3, -0.25) is 14.2 Å². The molecule has 2 aliphatic rings. The molecule has 0 spiro atoms. The number of benzene rings is 1. The SMILES string of the molecule is COc1ccccc1[C@@H](CC(=O)N(C)OC)NP1(=O)N(C(C)C)[C@H]2CCCC[C@@H]2N1C(C)C. The van der Waals surface area contributed by atoms with Crippen LogP contribution in [0, 0.1) is 0 Å². The first kappa shape index (κ1) is 26.2. The minimum Gasteiger partial charge on any atom is -0.496 e. The van der Waals surface area contributed by atoms with Gasteiger partial charge in [0.2, 0.25) is 5.91 Å². The van der Waals surface area contributed by atoms with Gasteiger partial charge in [0.1, 0.15) is 5.75 Å². The summed E-state index contributed by atoms with van der Waals surface area (Å²) in [5.41, 5.74) is 0.815. The van der Waals surface area contributed by atoms with Gasteiger partial charge in [0.05, 0.1) is 20.3 Å². The van der Waals surface area contributed by atoms with Crippen LogP contribution in [0.2, 0.25) is 0 Å². The van der Waals surface area contributed by atoms with Crippen molar-refractivity contribution >= 4 is 13.5 Å². The van der Waals surface area contributed by atoms with Gasteiger partial charge in [-0.15, -0.1) is 0 Å². The molecule has 1 aliphatic carbocycles. The maximum Gasteiger partial charge on any atom is 0.285 e. The van der Waals surface area contributed by atoms with E-state index < -0.39 is 13.6 Å². The number of methoxy groups -OCH3 is 1. The minimum absolute atomic E-state index is 0.0991. The van der Waals surface area contributed by atoms with Gasteiger partial charge in [-0.25, -0.2) is 19.5 Å². The second-order valence-corrected chi connectivity index (χ2v) is 11.9.